The fourth-order valence-electron chi connectivity index (χ4n) is 2.22. The highest BCUT2D eigenvalue weighted by molar-refractivity contribution is 7.71. The lowest BCUT2D eigenvalue weighted by Crippen LogP contribution is -2.02. The molecule has 0 saturated carbocycles. The van der Waals surface area contributed by atoms with Crippen LogP contribution in [0.4, 0.5) is 0 Å². The Labute approximate surface area is 116 Å². The normalized spacial score (nSPS) is 11.1. The summed E-state index contributed by atoms with van der Waals surface area (Å²) < 4.78 is 2.57. The van der Waals surface area contributed by atoms with Gasteiger partial charge in [0.2, 0.25) is 0 Å². The third-order valence-corrected chi connectivity index (χ3v) is 3.41. The molecule has 0 aliphatic carbocycles. The van der Waals surface area contributed by atoms with Gasteiger partial charge in [-0.05, 0) is 31.3 Å². The van der Waals surface area contributed by atoms with Crippen molar-refractivity contribution in [2.75, 3.05) is 0 Å². The summed E-state index contributed by atoms with van der Waals surface area (Å²) in [4.78, 5) is 4.64. The van der Waals surface area contributed by atoms with Crippen LogP contribution < -0.4 is 0 Å². The van der Waals surface area contributed by atoms with Gasteiger partial charge in [0.05, 0.1) is 11.2 Å². The fourth-order valence-corrected chi connectivity index (χ4v) is 2.47. The van der Waals surface area contributed by atoms with Crippen LogP contribution in [0.1, 0.15) is 18.4 Å². The Balaban J connectivity index is 2.39. The van der Waals surface area contributed by atoms with Gasteiger partial charge in [-0.2, -0.15) is 5.10 Å². The Hall–Kier alpha value is -2.01. The van der Waals surface area contributed by atoms with Crippen LogP contribution in [0.25, 0.3) is 16.6 Å². The second-order valence-corrected chi connectivity index (χ2v) is 4.82. The topological polar surface area (TPSA) is 46.5 Å². The van der Waals surface area contributed by atoms with Crippen molar-refractivity contribution in [3.8, 4) is 5.69 Å². The molecule has 3 rings (SSSR count). The first-order valence-electron chi connectivity index (χ1n) is 6.23. The Morgan fingerprint density at radius 1 is 1.26 bits per heavy atom. The standard InChI is InChI=1S/C14H14N4S/c1-3-12-16-17-14(19)18(12)11-6-4-5-10-8-7-9(2)15-13(10)11/h4-8H,3H2,1-2H3,(H,17,19). The summed E-state index contributed by atoms with van der Waals surface area (Å²) in [5.41, 5.74) is 2.93. The Bertz CT molecular complexity index is 801. The van der Waals surface area contributed by atoms with Crippen LogP contribution in [-0.2, 0) is 6.42 Å². The molecule has 3 aromatic rings. The second-order valence-electron chi connectivity index (χ2n) is 4.44. The number of rotatable bonds is 2. The molecule has 0 fully saturated rings. The van der Waals surface area contributed by atoms with E-state index in [4.69, 9.17) is 12.2 Å². The highest BCUT2D eigenvalue weighted by Crippen LogP contribution is 2.22. The number of nitrogens with zero attached hydrogens (tertiary/aromatic N) is 3. The Morgan fingerprint density at radius 2 is 2.11 bits per heavy atom. The summed E-state index contributed by atoms with van der Waals surface area (Å²) in [6.07, 6.45) is 0.815. The van der Waals surface area contributed by atoms with E-state index < -0.39 is 0 Å². The lowest BCUT2D eigenvalue weighted by molar-refractivity contribution is 0.882. The van der Waals surface area contributed by atoms with E-state index in [2.05, 4.69) is 34.2 Å². The second kappa shape index (κ2) is 4.59. The minimum Gasteiger partial charge on any atom is -0.270 e. The first kappa shape index (κ1) is 12.0. The van der Waals surface area contributed by atoms with Gasteiger partial charge < -0.3 is 0 Å². The maximum atomic E-state index is 5.33. The average Bonchev–Trinajstić information content (AvgIpc) is 2.79. The fraction of sp³-hybridized carbons (Fsp3) is 0.214. The van der Waals surface area contributed by atoms with Gasteiger partial charge in [0.1, 0.15) is 5.82 Å². The van der Waals surface area contributed by atoms with Crippen molar-refractivity contribution < 1.29 is 0 Å². The van der Waals surface area contributed by atoms with E-state index in [1.165, 1.54) is 0 Å². The van der Waals surface area contributed by atoms with E-state index in [-0.39, 0.29) is 0 Å². The summed E-state index contributed by atoms with van der Waals surface area (Å²) in [5, 5.41) is 8.22. The minimum atomic E-state index is 0.604. The highest BCUT2D eigenvalue weighted by Gasteiger charge is 2.10. The molecule has 0 aliphatic rings. The number of H-pyrrole nitrogens is 1. The monoisotopic (exact) mass is 270 g/mol. The van der Waals surface area contributed by atoms with Crippen molar-refractivity contribution in [1.82, 2.24) is 19.7 Å². The van der Waals surface area contributed by atoms with Crippen molar-refractivity contribution in [3.63, 3.8) is 0 Å². The van der Waals surface area contributed by atoms with Crippen molar-refractivity contribution in [2.45, 2.75) is 20.3 Å². The van der Waals surface area contributed by atoms with E-state index in [0.29, 0.717) is 4.77 Å². The number of hydrogen-bond donors (Lipinski definition) is 1. The van der Waals surface area contributed by atoms with Crippen LogP contribution in [0.3, 0.4) is 0 Å². The summed E-state index contributed by atoms with van der Waals surface area (Å²) in [5.74, 6) is 0.917. The van der Waals surface area contributed by atoms with Crippen molar-refractivity contribution >= 4 is 23.1 Å². The lowest BCUT2D eigenvalue weighted by Gasteiger charge is -2.09. The molecule has 2 aromatic heterocycles. The first-order chi connectivity index (χ1) is 9.20. The quantitative estimate of drug-likeness (QED) is 0.726. The molecule has 0 unspecified atom stereocenters. The predicted molar refractivity (Wildman–Crippen MR) is 78.2 cm³/mol. The van der Waals surface area contributed by atoms with Crippen LogP contribution in [0.5, 0.6) is 0 Å². The molecule has 4 nitrogen and oxygen atoms in total. The molecule has 1 N–H and O–H groups in total. The molecule has 0 spiro atoms. The number of pyridine rings is 1. The molecule has 2 heterocycles. The molecule has 0 atom stereocenters. The number of aryl methyl sites for hydroxylation is 2. The van der Waals surface area contributed by atoms with Crippen molar-refractivity contribution in [1.29, 1.82) is 0 Å². The molecule has 0 radical (unpaired) electrons. The molecule has 0 amide bonds. The molecule has 0 bridgehead atoms. The van der Waals surface area contributed by atoms with Gasteiger partial charge in [-0.25, -0.2) is 0 Å². The molecule has 5 heteroatoms. The van der Waals surface area contributed by atoms with E-state index in [1.807, 2.05) is 29.7 Å². The molecule has 0 saturated heterocycles. The average molecular weight is 270 g/mol. The maximum absolute atomic E-state index is 5.33. The number of benzene rings is 1. The predicted octanol–water partition coefficient (Wildman–Crippen LogP) is 3.35. The van der Waals surface area contributed by atoms with Crippen molar-refractivity contribution in [3.05, 3.63) is 46.6 Å². The molecule has 96 valence electrons. The van der Waals surface area contributed by atoms with Crippen LogP contribution in [0.15, 0.2) is 30.3 Å². The van der Waals surface area contributed by atoms with Gasteiger partial charge in [-0.1, -0.05) is 25.1 Å². The van der Waals surface area contributed by atoms with Crippen LogP contribution in [0.2, 0.25) is 0 Å². The number of para-hydroxylation sites is 1. The van der Waals surface area contributed by atoms with Gasteiger partial charge in [0.25, 0.3) is 0 Å². The first-order valence-corrected chi connectivity index (χ1v) is 6.64. The number of aromatic nitrogens is 4. The Morgan fingerprint density at radius 3 is 2.89 bits per heavy atom. The third kappa shape index (κ3) is 1.96. The molecular formula is C14H14N4S. The summed E-state index contributed by atoms with van der Waals surface area (Å²) in [6.45, 7) is 4.05. The summed E-state index contributed by atoms with van der Waals surface area (Å²) in [7, 11) is 0. The van der Waals surface area contributed by atoms with Gasteiger partial charge in [0, 0.05) is 17.5 Å². The maximum Gasteiger partial charge on any atom is 0.199 e. The van der Waals surface area contributed by atoms with E-state index in [9.17, 15) is 0 Å². The van der Waals surface area contributed by atoms with Crippen LogP contribution >= 0.6 is 12.2 Å². The highest BCUT2D eigenvalue weighted by atomic mass is 32.1. The van der Waals surface area contributed by atoms with Gasteiger partial charge in [0.15, 0.2) is 4.77 Å². The summed E-state index contributed by atoms with van der Waals surface area (Å²) in [6, 6.07) is 10.2. The summed E-state index contributed by atoms with van der Waals surface area (Å²) >= 11 is 5.33. The third-order valence-electron chi connectivity index (χ3n) is 3.14. The largest absolute Gasteiger partial charge is 0.270 e. The zero-order chi connectivity index (χ0) is 13.4. The number of aromatic amines is 1. The minimum absolute atomic E-state index is 0.604. The number of fused-ring (bicyclic) bond motifs is 1. The SMILES string of the molecule is CCc1n[nH]c(=S)n1-c1cccc2ccc(C)nc12. The van der Waals surface area contributed by atoms with E-state index >= 15 is 0 Å². The van der Waals surface area contributed by atoms with Crippen molar-refractivity contribution in [2.24, 2.45) is 0 Å². The van der Waals surface area contributed by atoms with Gasteiger partial charge in [-0.15, -0.1) is 0 Å². The lowest BCUT2D eigenvalue weighted by atomic mass is 10.1. The molecular weight excluding hydrogens is 256 g/mol. The van der Waals surface area contributed by atoms with E-state index in [0.717, 1.165) is 34.5 Å². The molecule has 0 aliphatic heterocycles. The number of nitrogens with one attached hydrogen (secondary N) is 1. The smallest absolute Gasteiger partial charge is 0.199 e. The molecule has 1 aromatic carbocycles. The zero-order valence-corrected chi connectivity index (χ0v) is 11.7. The zero-order valence-electron chi connectivity index (χ0n) is 10.8. The van der Waals surface area contributed by atoms with E-state index in [1.54, 1.807) is 0 Å². The molecule has 19 heavy (non-hydrogen) atoms. The van der Waals surface area contributed by atoms with Gasteiger partial charge in [-0.3, -0.25) is 14.6 Å². The van der Waals surface area contributed by atoms with Crippen LogP contribution in [-0.4, -0.2) is 19.7 Å². The number of hydrogen-bond acceptors (Lipinski definition) is 3. The van der Waals surface area contributed by atoms with Crippen LogP contribution in [0, 0.1) is 11.7 Å². The van der Waals surface area contributed by atoms with Gasteiger partial charge >= 0.3 is 0 Å². The Kier molecular flexibility index (Phi) is 2.91.